The number of hydrogen-bond donors (Lipinski definition) is 2. The third kappa shape index (κ3) is 4.87. The Bertz CT molecular complexity index is 809. The summed E-state index contributed by atoms with van der Waals surface area (Å²) in [7, 11) is 0. The van der Waals surface area contributed by atoms with Gasteiger partial charge in [0.25, 0.3) is 5.91 Å². The number of para-hydroxylation sites is 1. The van der Waals surface area contributed by atoms with Gasteiger partial charge in [-0.2, -0.15) is 0 Å². The van der Waals surface area contributed by atoms with Crippen molar-refractivity contribution < 1.29 is 14.3 Å². The van der Waals surface area contributed by atoms with Crippen molar-refractivity contribution in [1.29, 1.82) is 0 Å². The number of halogens is 2. The molecule has 0 saturated heterocycles. The highest BCUT2D eigenvalue weighted by Gasteiger charge is 2.17. The first-order valence-corrected chi connectivity index (χ1v) is 8.31. The van der Waals surface area contributed by atoms with Gasteiger partial charge in [0, 0.05) is 15.7 Å². The zero-order valence-corrected chi connectivity index (χ0v) is 15.3. The monoisotopic (exact) mass is 380 g/mol. The first kappa shape index (κ1) is 19.1. The molecule has 0 saturated carbocycles. The van der Waals surface area contributed by atoms with E-state index >= 15 is 0 Å². The molecule has 132 valence electrons. The Labute approximate surface area is 156 Å². The van der Waals surface area contributed by atoms with Gasteiger partial charge in [0.05, 0.1) is 11.6 Å². The van der Waals surface area contributed by atoms with E-state index in [0.29, 0.717) is 21.3 Å². The molecular weight excluding hydrogens is 363 g/mol. The van der Waals surface area contributed by atoms with Crippen LogP contribution < -0.4 is 11.1 Å². The summed E-state index contributed by atoms with van der Waals surface area (Å²) in [6.45, 7) is 3.14. The van der Waals surface area contributed by atoms with Crippen LogP contribution in [0.25, 0.3) is 0 Å². The van der Waals surface area contributed by atoms with Gasteiger partial charge in [0.1, 0.15) is 0 Å². The number of rotatable bonds is 5. The largest absolute Gasteiger partial charge is 0.452 e. The highest BCUT2D eigenvalue weighted by Crippen LogP contribution is 2.26. The zero-order chi connectivity index (χ0) is 18.6. The average Bonchev–Trinajstić information content (AvgIpc) is 2.55. The molecule has 3 N–H and O–H groups in total. The van der Waals surface area contributed by atoms with Gasteiger partial charge >= 0.3 is 5.97 Å². The lowest BCUT2D eigenvalue weighted by molar-refractivity contribution is -0.124. The lowest BCUT2D eigenvalue weighted by atomic mass is 10.1. The minimum atomic E-state index is -0.645. The Morgan fingerprint density at radius 3 is 2.64 bits per heavy atom. The molecule has 0 spiro atoms. The number of esters is 1. The van der Waals surface area contributed by atoms with Crippen molar-refractivity contribution in [2.24, 2.45) is 0 Å². The summed E-state index contributed by atoms with van der Waals surface area (Å²) in [5.74, 6) is -1.09. The number of nitrogen functional groups attached to an aromatic ring is 1. The van der Waals surface area contributed by atoms with Crippen molar-refractivity contribution in [2.75, 3.05) is 12.3 Å². The van der Waals surface area contributed by atoms with Crippen LogP contribution in [0.2, 0.25) is 10.0 Å². The van der Waals surface area contributed by atoms with Crippen LogP contribution >= 0.6 is 23.2 Å². The molecule has 0 aliphatic heterocycles. The van der Waals surface area contributed by atoms with Gasteiger partial charge in [-0.3, -0.25) is 4.79 Å². The number of anilines is 1. The van der Waals surface area contributed by atoms with Gasteiger partial charge in [0.2, 0.25) is 0 Å². The van der Waals surface area contributed by atoms with Crippen LogP contribution in [0.15, 0.2) is 36.4 Å². The number of hydrogen-bond acceptors (Lipinski definition) is 4. The fraction of sp³-hybridized carbons (Fsp3) is 0.222. The predicted octanol–water partition coefficient (Wildman–Crippen LogP) is 3.92. The van der Waals surface area contributed by atoms with Crippen molar-refractivity contribution in [2.45, 2.75) is 19.9 Å². The third-order valence-corrected chi connectivity index (χ3v) is 4.25. The van der Waals surface area contributed by atoms with Crippen LogP contribution in [0, 0.1) is 6.92 Å². The maximum Gasteiger partial charge on any atom is 0.340 e. The molecule has 0 radical (unpaired) electrons. The van der Waals surface area contributed by atoms with Gasteiger partial charge in [0.15, 0.2) is 6.61 Å². The summed E-state index contributed by atoms with van der Waals surface area (Å²) in [5.41, 5.74) is 7.91. The van der Waals surface area contributed by atoms with Crippen LogP contribution in [0.4, 0.5) is 5.69 Å². The normalized spacial score (nSPS) is 11.7. The summed E-state index contributed by atoms with van der Waals surface area (Å²) in [6.07, 6.45) is 0. The summed E-state index contributed by atoms with van der Waals surface area (Å²) < 4.78 is 5.03. The van der Waals surface area contributed by atoms with Gasteiger partial charge in [-0.15, -0.1) is 0 Å². The molecule has 0 aromatic heterocycles. The average molecular weight is 381 g/mol. The molecule has 5 nitrogen and oxygen atoms in total. The molecular formula is C18H18Cl2N2O3. The Morgan fingerprint density at radius 1 is 1.24 bits per heavy atom. The third-order valence-electron chi connectivity index (χ3n) is 3.68. The second-order valence-electron chi connectivity index (χ2n) is 5.57. The molecule has 0 aliphatic carbocycles. The molecule has 2 rings (SSSR count). The molecule has 0 aliphatic rings. The molecule has 2 aromatic rings. The van der Waals surface area contributed by atoms with Gasteiger partial charge in [-0.1, -0.05) is 41.4 Å². The number of nitrogens with two attached hydrogens (primary N) is 1. The number of benzene rings is 2. The van der Waals surface area contributed by atoms with Crippen LogP contribution in [0.1, 0.15) is 34.5 Å². The van der Waals surface area contributed by atoms with Crippen molar-refractivity contribution in [1.82, 2.24) is 5.32 Å². The van der Waals surface area contributed by atoms with Gasteiger partial charge in [-0.05, 0) is 43.2 Å². The maximum atomic E-state index is 12.1. The highest BCUT2D eigenvalue weighted by atomic mass is 35.5. The molecule has 1 unspecified atom stereocenters. The summed E-state index contributed by atoms with van der Waals surface area (Å²) >= 11 is 12.0. The Morgan fingerprint density at radius 2 is 1.96 bits per heavy atom. The maximum absolute atomic E-state index is 12.1. The second-order valence-corrected chi connectivity index (χ2v) is 6.41. The lowest BCUT2D eigenvalue weighted by Gasteiger charge is -2.16. The van der Waals surface area contributed by atoms with Crippen LogP contribution in [0.5, 0.6) is 0 Å². The number of nitrogens with one attached hydrogen (secondary N) is 1. The topological polar surface area (TPSA) is 81.4 Å². The van der Waals surface area contributed by atoms with E-state index in [0.717, 1.165) is 5.56 Å². The number of carbonyl (C=O) groups is 2. The van der Waals surface area contributed by atoms with E-state index in [1.54, 1.807) is 50.2 Å². The lowest BCUT2D eigenvalue weighted by Crippen LogP contribution is -2.31. The van der Waals surface area contributed by atoms with Crippen molar-refractivity contribution >= 4 is 40.8 Å². The minimum absolute atomic E-state index is 0.238. The van der Waals surface area contributed by atoms with Crippen molar-refractivity contribution in [3.8, 4) is 0 Å². The van der Waals surface area contributed by atoms with Gasteiger partial charge in [-0.25, -0.2) is 4.79 Å². The molecule has 0 fully saturated rings. The highest BCUT2D eigenvalue weighted by molar-refractivity contribution is 6.35. The smallest absolute Gasteiger partial charge is 0.340 e. The summed E-state index contributed by atoms with van der Waals surface area (Å²) in [6, 6.07) is 9.70. The molecule has 2 aromatic carbocycles. The number of amides is 1. The summed E-state index contributed by atoms with van der Waals surface area (Å²) in [4.78, 5) is 24.1. The standard InChI is InChI=1S/C18H18Cl2N2O3/c1-10-4-3-5-14(17(10)21)18(24)25-9-16(23)22-11(2)13-7-6-12(19)8-15(13)20/h3-8,11H,9,21H2,1-2H3,(H,22,23). The van der Waals surface area contributed by atoms with Gasteiger partial charge < -0.3 is 15.8 Å². The molecule has 25 heavy (non-hydrogen) atoms. The van der Waals surface area contributed by atoms with E-state index in [-0.39, 0.29) is 11.6 Å². The molecule has 1 amide bonds. The minimum Gasteiger partial charge on any atom is -0.452 e. The number of aryl methyl sites for hydroxylation is 1. The van der Waals surface area contributed by atoms with E-state index in [2.05, 4.69) is 5.32 Å². The molecule has 1 atom stereocenters. The van der Waals surface area contributed by atoms with E-state index < -0.39 is 18.5 Å². The molecule has 0 heterocycles. The Kier molecular flexibility index (Phi) is 6.28. The number of carbonyl (C=O) groups excluding carboxylic acids is 2. The molecule has 0 bridgehead atoms. The Balaban J connectivity index is 1.94. The second kappa shape index (κ2) is 8.23. The fourth-order valence-electron chi connectivity index (χ4n) is 2.28. The Hall–Kier alpha value is -2.24. The van der Waals surface area contributed by atoms with E-state index in [4.69, 9.17) is 33.7 Å². The molecule has 7 heteroatoms. The quantitative estimate of drug-likeness (QED) is 0.608. The summed E-state index contributed by atoms with van der Waals surface area (Å²) in [5, 5.41) is 3.67. The van der Waals surface area contributed by atoms with Crippen molar-refractivity contribution in [3.63, 3.8) is 0 Å². The van der Waals surface area contributed by atoms with E-state index in [1.807, 2.05) is 0 Å². The van der Waals surface area contributed by atoms with Crippen LogP contribution in [-0.2, 0) is 9.53 Å². The number of ether oxygens (including phenoxy) is 1. The van der Waals surface area contributed by atoms with E-state index in [9.17, 15) is 9.59 Å². The zero-order valence-electron chi connectivity index (χ0n) is 13.8. The SMILES string of the molecule is Cc1cccc(C(=O)OCC(=O)NC(C)c2ccc(Cl)cc2Cl)c1N. The van der Waals surface area contributed by atoms with Crippen LogP contribution in [0.3, 0.4) is 0 Å². The van der Waals surface area contributed by atoms with Crippen LogP contribution in [-0.4, -0.2) is 18.5 Å². The predicted molar refractivity (Wildman–Crippen MR) is 98.9 cm³/mol. The van der Waals surface area contributed by atoms with E-state index in [1.165, 1.54) is 0 Å². The first-order chi connectivity index (χ1) is 11.8. The fourth-order valence-corrected chi connectivity index (χ4v) is 2.85. The van der Waals surface area contributed by atoms with Crippen molar-refractivity contribution in [3.05, 3.63) is 63.1 Å². The first-order valence-electron chi connectivity index (χ1n) is 7.56.